The van der Waals surface area contributed by atoms with Crippen LogP contribution in [0.5, 0.6) is 0 Å². The van der Waals surface area contributed by atoms with Gasteiger partial charge in [0.15, 0.2) is 0 Å². The molecule has 0 unspecified atom stereocenters. The Bertz CT molecular complexity index is 3230. The molecule has 0 aliphatic heterocycles. The maximum atomic E-state index is 13.2. The van der Waals surface area contributed by atoms with E-state index in [1.165, 1.54) is 61.2 Å². The number of halogens is 2. The predicted molar refractivity (Wildman–Crippen MR) is 232 cm³/mol. The number of fused-ring (bicyclic) bond motifs is 2. The van der Waals surface area contributed by atoms with Gasteiger partial charge in [0.25, 0.3) is 10.0 Å². The number of carbonyl (C=O) groups is 1. The number of hydrogen-bond acceptors (Lipinski definition) is 12. The molecule has 310 valence electrons. The van der Waals surface area contributed by atoms with Crippen LogP contribution in [0.25, 0.3) is 26.8 Å². The first-order valence-corrected chi connectivity index (χ1v) is 21.6. The van der Waals surface area contributed by atoms with Crippen molar-refractivity contribution >= 4 is 82.5 Å². The van der Waals surface area contributed by atoms with Crippen molar-refractivity contribution in [2.75, 3.05) is 4.72 Å². The molecular weight excluding hydrogens is 885 g/mol. The molecule has 62 heavy (non-hydrogen) atoms. The largest absolute Gasteiger partial charge is 1.00 e. The average Bonchev–Trinajstić information content (AvgIpc) is 3.91. The Balaban J connectivity index is 0.000000196. The number of aryl methyl sites for hydroxylation is 5. The summed E-state index contributed by atoms with van der Waals surface area (Å²) in [4.78, 5) is 43.5. The smallest absolute Gasteiger partial charge is 0.570 e. The van der Waals surface area contributed by atoms with Crippen LogP contribution >= 0.6 is 23.2 Å². The van der Waals surface area contributed by atoms with Crippen molar-refractivity contribution in [1.82, 2.24) is 39.9 Å². The molecule has 0 spiro atoms. The molecule has 8 aromatic rings. The van der Waals surface area contributed by atoms with Gasteiger partial charge in [-0.1, -0.05) is 35.0 Å². The summed E-state index contributed by atoms with van der Waals surface area (Å²) in [6.07, 6.45) is 9.32. The summed E-state index contributed by atoms with van der Waals surface area (Å²) in [5, 5.41) is 11.5. The number of H-pyrrole nitrogens is 2. The minimum Gasteiger partial charge on any atom is -0.570 e. The number of hydrogen-bond donors (Lipinski definition) is 3. The van der Waals surface area contributed by atoms with Crippen molar-refractivity contribution in [3.05, 3.63) is 158 Å². The van der Waals surface area contributed by atoms with Crippen LogP contribution in [0.4, 0.5) is 11.4 Å². The first-order chi connectivity index (χ1) is 29.0. The van der Waals surface area contributed by atoms with E-state index in [1.54, 1.807) is 52.4 Å². The summed E-state index contributed by atoms with van der Waals surface area (Å²) < 4.78 is 56.7. The summed E-state index contributed by atoms with van der Waals surface area (Å²) in [5.41, 5.74) is 5.22. The topological polar surface area (TPSA) is 244 Å². The number of carbonyl (C=O) groups excluding carboxylic acids is 1. The molecule has 16 nitrogen and oxygen atoms in total. The molecule has 3 N–H and O–H groups in total. The van der Waals surface area contributed by atoms with Gasteiger partial charge in [-0.25, -0.2) is 41.8 Å². The zero-order chi connectivity index (χ0) is 44.1. The van der Waals surface area contributed by atoms with Gasteiger partial charge in [-0.3, -0.25) is 14.5 Å². The van der Waals surface area contributed by atoms with Gasteiger partial charge in [0.1, 0.15) is 57.1 Å². The number of rotatable bonds is 8. The normalized spacial score (nSPS) is 11.0. The maximum absolute atomic E-state index is 13.2. The van der Waals surface area contributed by atoms with Crippen LogP contribution in [0, 0.1) is 45.9 Å². The third-order valence-corrected chi connectivity index (χ3v) is 12.3. The number of aromatic nitrogens is 8. The van der Waals surface area contributed by atoms with Crippen LogP contribution < -0.4 is 34.3 Å². The molecule has 2 aromatic carbocycles. The quantitative estimate of drug-likeness (QED) is 0.126. The Labute approximate surface area is 389 Å². The van der Waals surface area contributed by atoms with E-state index in [1.807, 2.05) is 25.3 Å². The summed E-state index contributed by atoms with van der Waals surface area (Å²) in [6.45, 7) is 8.88. The van der Waals surface area contributed by atoms with Gasteiger partial charge in [0, 0.05) is 45.6 Å². The molecular formula is C41H34Cl2N11NaO5S2. The molecule has 8 rings (SSSR count). The van der Waals surface area contributed by atoms with Gasteiger partial charge in [-0.15, -0.1) is 0 Å². The first-order valence-electron chi connectivity index (χ1n) is 17.9. The number of pyridine rings is 2. The van der Waals surface area contributed by atoms with Crippen LogP contribution in [0.1, 0.15) is 49.8 Å². The Kier molecular flexibility index (Phi) is 15.2. The van der Waals surface area contributed by atoms with Gasteiger partial charge < -0.3 is 14.7 Å². The van der Waals surface area contributed by atoms with E-state index in [0.717, 1.165) is 22.3 Å². The van der Waals surface area contributed by atoms with Crippen molar-refractivity contribution in [3.8, 4) is 6.07 Å². The average molecular weight is 919 g/mol. The van der Waals surface area contributed by atoms with E-state index in [9.17, 15) is 21.6 Å². The molecule has 0 amide bonds. The van der Waals surface area contributed by atoms with E-state index in [0.29, 0.717) is 37.8 Å². The molecule has 0 atom stereocenters. The second kappa shape index (κ2) is 19.9. The molecule has 0 saturated heterocycles. The number of aromatic amines is 2. The molecule has 0 radical (unpaired) electrons. The minimum absolute atomic E-state index is 0. The van der Waals surface area contributed by atoms with Crippen molar-refractivity contribution in [2.24, 2.45) is 0 Å². The number of sulfonamides is 2. The zero-order valence-corrected chi connectivity index (χ0v) is 39.1. The fourth-order valence-electron chi connectivity index (χ4n) is 5.65. The fraction of sp³-hybridized carbons (Fsp3) is 0.122. The van der Waals surface area contributed by atoms with Gasteiger partial charge in [-0.05, 0) is 111 Å². The van der Waals surface area contributed by atoms with E-state index in [4.69, 9.17) is 28.5 Å². The minimum atomic E-state index is -3.98. The number of nitriles is 1. The SMILES string of the molecule is Cc1cnc(C#N)c([N-]S(=O)(=O)c2ccc(Cl)c(C)c2)c1.Cc1cnc(C(=O)c2ncnc3[nH]ccc23)c(NS(=O)(=O)c2ccc(Cl)c(C)c2)c1.Cc1ncnc2[nH]ccc12.[Na+]. The number of benzene rings is 2. The Morgan fingerprint density at radius 3 is 1.89 bits per heavy atom. The molecule has 6 heterocycles. The van der Waals surface area contributed by atoms with Crippen LogP contribution in [-0.2, 0) is 20.0 Å². The van der Waals surface area contributed by atoms with Gasteiger partial charge in [0.05, 0.1) is 21.2 Å². The summed E-state index contributed by atoms with van der Waals surface area (Å²) in [6, 6.07) is 17.2. The molecule has 0 fully saturated rings. The number of ketones is 1. The second-order valence-electron chi connectivity index (χ2n) is 13.4. The predicted octanol–water partition coefficient (Wildman–Crippen LogP) is 5.54. The van der Waals surface area contributed by atoms with Crippen molar-refractivity contribution in [2.45, 2.75) is 44.4 Å². The van der Waals surface area contributed by atoms with Crippen molar-refractivity contribution in [1.29, 1.82) is 5.26 Å². The summed E-state index contributed by atoms with van der Waals surface area (Å²) >= 11 is 11.9. The third-order valence-electron chi connectivity index (χ3n) is 8.80. The second-order valence-corrected chi connectivity index (χ2v) is 17.5. The van der Waals surface area contributed by atoms with Crippen LogP contribution in [0.3, 0.4) is 0 Å². The number of nitrogens with one attached hydrogen (secondary N) is 3. The summed E-state index contributed by atoms with van der Waals surface area (Å²) in [5.74, 6) is -0.521. The molecule has 0 aliphatic carbocycles. The molecule has 0 saturated carbocycles. The third kappa shape index (κ3) is 11.0. The van der Waals surface area contributed by atoms with Crippen molar-refractivity contribution < 1.29 is 51.2 Å². The van der Waals surface area contributed by atoms with E-state index in [-0.39, 0.29) is 67.8 Å². The van der Waals surface area contributed by atoms with Crippen LogP contribution in [0.2, 0.25) is 10.0 Å². The van der Waals surface area contributed by atoms with Gasteiger partial charge in [0.2, 0.25) is 5.78 Å². The fourth-order valence-corrected chi connectivity index (χ4v) is 8.10. The van der Waals surface area contributed by atoms with Crippen molar-refractivity contribution in [3.63, 3.8) is 0 Å². The standard InChI is InChI=1S/C20H16ClN5O3S.C14H11ClN3O2S.C7H7N3.Na/c1-11-7-16(26-30(28,29)13-3-4-15(21)12(2)8-13)18(23-9-11)19(27)17-14-5-6-22-20(14)25-10-24-17;1-9-5-13(14(7-16)17-8-9)18-21(19,20)11-3-4-12(15)10(2)6-11;1-5-6-2-3-8-7(6)10-4-9-5;/h3-10,26H,1-2H3,(H,22,24,25);3-6,8H,1-2H3;2-4H,1H3,(H,8,9,10);/q;-1;;+1. The number of anilines is 1. The monoisotopic (exact) mass is 917 g/mol. The van der Waals surface area contributed by atoms with E-state index in [2.05, 4.69) is 49.3 Å². The Morgan fingerprint density at radius 1 is 0.694 bits per heavy atom. The first kappa shape index (κ1) is 47.3. The maximum Gasteiger partial charge on any atom is 1.00 e. The number of nitrogens with zero attached hydrogens (tertiary/aromatic N) is 8. The molecule has 21 heteroatoms. The molecule has 0 bridgehead atoms. The Hall–Kier alpha value is -5.78. The van der Waals surface area contributed by atoms with E-state index >= 15 is 0 Å². The van der Waals surface area contributed by atoms with Crippen LogP contribution in [0.15, 0.2) is 108 Å². The summed E-state index contributed by atoms with van der Waals surface area (Å²) in [7, 11) is -7.91. The van der Waals surface area contributed by atoms with Gasteiger partial charge >= 0.3 is 29.6 Å². The molecule has 6 aromatic heterocycles. The molecule has 0 aliphatic rings. The van der Waals surface area contributed by atoms with Gasteiger partial charge in [-0.2, -0.15) is 5.26 Å². The van der Waals surface area contributed by atoms with Crippen LogP contribution in [-0.4, -0.2) is 62.5 Å². The van der Waals surface area contributed by atoms with E-state index < -0.39 is 25.8 Å². The Morgan fingerprint density at radius 2 is 1.26 bits per heavy atom. The zero-order valence-electron chi connectivity index (χ0n) is 33.9.